The number of hydrogen-bond donors (Lipinski definition) is 0. The van der Waals surface area contributed by atoms with Gasteiger partial charge in [-0.2, -0.15) is 0 Å². The van der Waals surface area contributed by atoms with Crippen molar-refractivity contribution in [2.75, 3.05) is 9.71 Å². The van der Waals surface area contributed by atoms with Crippen molar-refractivity contribution in [3.05, 3.63) is 134 Å². The lowest BCUT2D eigenvalue weighted by Gasteiger charge is -2.48. The molecule has 2 heterocycles. The molecule has 3 heteroatoms. The molecule has 0 spiro atoms. The summed E-state index contributed by atoms with van der Waals surface area (Å²) < 4.78 is 0. The van der Waals surface area contributed by atoms with E-state index in [1.165, 1.54) is 137 Å². The molecule has 4 aromatic rings. The highest BCUT2D eigenvalue weighted by Crippen LogP contribution is 2.55. The molecule has 4 aliphatic carbocycles. The van der Waals surface area contributed by atoms with Crippen molar-refractivity contribution >= 4 is 34.8 Å². The molecule has 62 heavy (non-hydrogen) atoms. The molecule has 322 valence electrons. The highest BCUT2D eigenvalue weighted by Gasteiger charge is 2.49. The Balaban J connectivity index is 1.33. The first kappa shape index (κ1) is 41.8. The van der Waals surface area contributed by atoms with Crippen LogP contribution >= 0.6 is 0 Å². The minimum Gasteiger partial charge on any atom is -0.376 e. The van der Waals surface area contributed by atoms with Crippen LogP contribution in [-0.2, 0) is 23.7 Å². The van der Waals surface area contributed by atoms with E-state index in [1.807, 2.05) is 0 Å². The van der Waals surface area contributed by atoms with Crippen molar-refractivity contribution < 1.29 is 0 Å². The van der Waals surface area contributed by atoms with Crippen LogP contribution in [0.3, 0.4) is 0 Å². The Hall–Kier alpha value is -4.24. The number of aryl methyl sites for hydroxylation is 4. The Bertz CT molecular complexity index is 2580. The van der Waals surface area contributed by atoms with Gasteiger partial charge >= 0.3 is 6.85 Å². The molecule has 0 atom stereocenters. The molecule has 0 radical (unpaired) electrons. The minimum atomic E-state index is 0.0174. The van der Waals surface area contributed by atoms with Crippen molar-refractivity contribution in [2.45, 2.75) is 177 Å². The first-order valence-electron chi connectivity index (χ1n) is 24.6. The van der Waals surface area contributed by atoms with Crippen molar-refractivity contribution in [3.63, 3.8) is 0 Å². The van der Waals surface area contributed by atoms with Gasteiger partial charge in [-0.05, 0) is 224 Å². The van der Waals surface area contributed by atoms with E-state index in [2.05, 4.69) is 166 Å². The van der Waals surface area contributed by atoms with Crippen LogP contribution in [0, 0.1) is 24.7 Å². The molecule has 1 saturated carbocycles. The van der Waals surface area contributed by atoms with Crippen LogP contribution in [0.15, 0.2) is 89.8 Å². The molecule has 1 fully saturated rings. The van der Waals surface area contributed by atoms with Gasteiger partial charge in [0.1, 0.15) is 0 Å². The third-order valence-corrected chi connectivity index (χ3v) is 16.7. The first-order valence-corrected chi connectivity index (χ1v) is 24.6. The molecule has 10 rings (SSSR count). The summed E-state index contributed by atoms with van der Waals surface area (Å²) in [5, 5.41) is 0. The lowest BCUT2D eigenvalue weighted by molar-refractivity contribution is 0.241. The molecule has 0 bridgehead atoms. The zero-order valence-corrected chi connectivity index (χ0v) is 40.5. The highest BCUT2D eigenvalue weighted by atomic mass is 15.2. The Labute approximate surface area is 376 Å². The smallest absolute Gasteiger partial charge is 0.333 e. The summed E-state index contributed by atoms with van der Waals surface area (Å²) in [7, 11) is 0. The van der Waals surface area contributed by atoms with Crippen LogP contribution in [0.4, 0.5) is 17.1 Å². The lowest BCUT2D eigenvalue weighted by Crippen LogP contribution is -2.56. The van der Waals surface area contributed by atoms with E-state index in [0.29, 0.717) is 5.92 Å². The maximum Gasteiger partial charge on any atom is 0.333 e. The van der Waals surface area contributed by atoms with Gasteiger partial charge in [0.15, 0.2) is 0 Å². The molecule has 4 aromatic carbocycles. The number of anilines is 3. The maximum atomic E-state index is 2.81. The third kappa shape index (κ3) is 7.07. The normalized spacial score (nSPS) is 22.2. The van der Waals surface area contributed by atoms with Crippen molar-refractivity contribution in [2.24, 2.45) is 10.8 Å². The largest absolute Gasteiger partial charge is 0.376 e. The van der Waals surface area contributed by atoms with Gasteiger partial charge in [0.2, 0.25) is 0 Å². The predicted octanol–water partition coefficient (Wildman–Crippen LogP) is 15.7. The Morgan fingerprint density at radius 3 is 1.84 bits per heavy atom. The molecule has 2 aliphatic heterocycles. The molecule has 0 unspecified atom stereocenters. The van der Waals surface area contributed by atoms with E-state index in [0.717, 1.165) is 12.8 Å². The second-order valence-corrected chi connectivity index (χ2v) is 23.8. The zero-order valence-electron chi connectivity index (χ0n) is 40.5. The fourth-order valence-corrected chi connectivity index (χ4v) is 12.2. The Morgan fingerprint density at radius 1 is 0.581 bits per heavy atom. The number of nitrogens with zero attached hydrogens (tertiary/aromatic N) is 2. The monoisotopic (exact) mass is 821 g/mol. The van der Waals surface area contributed by atoms with Gasteiger partial charge in [0, 0.05) is 34.0 Å². The minimum absolute atomic E-state index is 0.0174. The summed E-state index contributed by atoms with van der Waals surface area (Å²) in [6.07, 6.45) is 19.8. The number of fused-ring (bicyclic) bond motifs is 4. The zero-order chi connectivity index (χ0) is 43.7. The number of rotatable bonds is 4. The molecule has 2 nitrogen and oxygen atoms in total. The molecule has 0 N–H and O–H groups in total. The summed E-state index contributed by atoms with van der Waals surface area (Å²) >= 11 is 0. The van der Waals surface area contributed by atoms with E-state index in [1.54, 1.807) is 27.8 Å². The molecule has 0 aromatic heterocycles. The highest BCUT2D eigenvalue weighted by molar-refractivity contribution is 6.96. The van der Waals surface area contributed by atoms with E-state index in [9.17, 15) is 0 Å². The van der Waals surface area contributed by atoms with Crippen molar-refractivity contribution in [1.29, 1.82) is 0 Å². The SMILES string of the molecule is CC1=CCC(C)(C)CCC(C)(C)CC=C1N1C(C)=C(c2cc3c(cc2C2CC2)C(C)(C)CCC3(C)C)B2c3c(cc(C)cc31)-c1cc3c(cc1N2c1ccc(C)cc1)CCCC3. The molecule has 0 amide bonds. The lowest BCUT2D eigenvalue weighted by atomic mass is 9.41. The van der Waals surface area contributed by atoms with Gasteiger partial charge in [0.25, 0.3) is 0 Å². The van der Waals surface area contributed by atoms with Crippen LogP contribution in [-0.4, -0.2) is 6.85 Å². The summed E-state index contributed by atoms with van der Waals surface area (Å²) in [6, 6.07) is 25.4. The summed E-state index contributed by atoms with van der Waals surface area (Å²) in [5.41, 5.74) is 26.8. The maximum absolute atomic E-state index is 2.81. The fourth-order valence-electron chi connectivity index (χ4n) is 12.2. The van der Waals surface area contributed by atoms with Gasteiger partial charge in [-0.1, -0.05) is 103 Å². The number of hydrogen-bond acceptors (Lipinski definition) is 2. The van der Waals surface area contributed by atoms with Crippen LogP contribution < -0.4 is 15.2 Å². The second-order valence-electron chi connectivity index (χ2n) is 23.8. The van der Waals surface area contributed by atoms with Crippen LogP contribution in [0.25, 0.3) is 16.6 Å². The topological polar surface area (TPSA) is 6.48 Å². The molecule has 6 aliphatic rings. The van der Waals surface area contributed by atoms with Gasteiger partial charge in [-0.3, -0.25) is 0 Å². The second kappa shape index (κ2) is 14.7. The summed E-state index contributed by atoms with van der Waals surface area (Å²) in [4.78, 5) is 5.58. The summed E-state index contributed by atoms with van der Waals surface area (Å²) in [6.45, 7) is 29.5. The van der Waals surface area contributed by atoms with Gasteiger partial charge < -0.3 is 9.71 Å². The molecular formula is C59H73BN2. The van der Waals surface area contributed by atoms with E-state index >= 15 is 0 Å². The number of allylic oxidation sites excluding steroid dienone is 4. The quantitative estimate of drug-likeness (QED) is 0.189. The average Bonchev–Trinajstić information content (AvgIpc) is 4.07. The standard InChI is InChI=1S/C59H73BN2/c1-37-17-21-44(22-18-37)62-52-34-43-16-14-13-15-42(43)33-46(52)47-31-38(2)32-53-55(47)60(62)54(40(4)61(53)51-24-26-57(7,8)28-27-56(5,6)25-23-39(51)3)48-36-50-49(35-45(48)41-19-20-41)58(9,10)29-30-59(50,11)12/h17-18,21-24,31-36,41H,13-16,19-20,25-30H2,1-12H3. The van der Waals surface area contributed by atoms with Crippen molar-refractivity contribution in [1.82, 2.24) is 0 Å². The summed E-state index contributed by atoms with van der Waals surface area (Å²) in [5.74, 6) is 0.608. The van der Waals surface area contributed by atoms with E-state index in [-0.39, 0.29) is 28.5 Å². The average molecular weight is 821 g/mol. The van der Waals surface area contributed by atoms with Gasteiger partial charge in [0.05, 0.1) is 0 Å². The number of benzene rings is 4. The van der Waals surface area contributed by atoms with E-state index < -0.39 is 0 Å². The first-order chi connectivity index (χ1) is 29.3. The van der Waals surface area contributed by atoms with Crippen LogP contribution in [0.1, 0.15) is 184 Å². The van der Waals surface area contributed by atoms with E-state index in [4.69, 9.17) is 0 Å². The third-order valence-electron chi connectivity index (χ3n) is 16.7. The molecular weight excluding hydrogens is 747 g/mol. The molecule has 0 saturated heterocycles. The van der Waals surface area contributed by atoms with Crippen LogP contribution in [0.5, 0.6) is 0 Å². The van der Waals surface area contributed by atoms with Crippen LogP contribution in [0.2, 0.25) is 0 Å². The van der Waals surface area contributed by atoms with Gasteiger partial charge in [-0.15, -0.1) is 0 Å². The van der Waals surface area contributed by atoms with Gasteiger partial charge in [-0.25, -0.2) is 0 Å². The Kier molecular flexibility index (Phi) is 9.87. The Morgan fingerprint density at radius 2 is 1.19 bits per heavy atom. The predicted molar refractivity (Wildman–Crippen MR) is 269 cm³/mol. The fraction of sp³-hybridized carbons (Fsp3) is 0.492. The van der Waals surface area contributed by atoms with Crippen molar-refractivity contribution in [3.8, 4) is 11.1 Å².